The molecule has 2 aromatic carbocycles. The van der Waals surface area contributed by atoms with Crippen molar-refractivity contribution >= 4 is 38.4 Å². The number of anilines is 1. The van der Waals surface area contributed by atoms with E-state index >= 15 is 0 Å². The van der Waals surface area contributed by atoms with Crippen molar-refractivity contribution in [1.29, 1.82) is 0 Å². The molecular formula is C17H17ClN2O4S. The molecule has 3 rings (SSSR count). The maximum atomic E-state index is 12.7. The fourth-order valence-electron chi connectivity index (χ4n) is 2.48. The maximum absolute atomic E-state index is 12.7. The topological polar surface area (TPSA) is 81.3 Å². The van der Waals surface area contributed by atoms with Gasteiger partial charge in [0.2, 0.25) is 0 Å². The van der Waals surface area contributed by atoms with Crippen LogP contribution < -0.4 is 10.5 Å². The number of aromatic nitrogens is 1. The van der Waals surface area contributed by atoms with E-state index in [1.54, 1.807) is 12.1 Å². The SMILES string of the molecule is CC(C)c1ccc(NS(=O)(=O)c2cc3oc(=O)n(C)c3cc2Cl)cc1. The van der Waals surface area contributed by atoms with Gasteiger partial charge in [0.1, 0.15) is 4.90 Å². The summed E-state index contributed by atoms with van der Waals surface area (Å²) in [6.07, 6.45) is 0. The summed E-state index contributed by atoms with van der Waals surface area (Å²) in [5.41, 5.74) is 2.12. The molecule has 1 heterocycles. The van der Waals surface area contributed by atoms with Gasteiger partial charge in [-0.3, -0.25) is 9.29 Å². The van der Waals surface area contributed by atoms with E-state index in [9.17, 15) is 13.2 Å². The highest BCUT2D eigenvalue weighted by atomic mass is 35.5. The number of hydrogen-bond acceptors (Lipinski definition) is 4. The Kier molecular flexibility index (Phi) is 4.38. The molecule has 0 aliphatic rings. The second kappa shape index (κ2) is 6.24. The van der Waals surface area contributed by atoms with Crippen LogP contribution in [0, 0.1) is 0 Å². The third-order valence-corrected chi connectivity index (χ3v) is 5.81. The van der Waals surface area contributed by atoms with E-state index in [0.717, 1.165) is 5.56 Å². The normalized spacial score (nSPS) is 12.0. The number of rotatable bonds is 4. The number of oxazole rings is 1. The molecule has 0 atom stereocenters. The second-order valence-corrected chi connectivity index (χ2v) is 8.12. The van der Waals surface area contributed by atoms with Gasteiger partial charge < -0.3 is 4.42 Å². The largest absolute Gasteiger partial charge is 0.419 e. The van der Waals surface area contributed by atoms with E-state index in [2.05, 4.69) is 18.6 Å². The summed E-state index contributed by atoms with van der Waals surface area (Å²) >= 11 is 6.13. The zero-order chi connectivity index (χ0) is 18.4. The lowest BCUT2D eigenvalue weighted by Gasteiger charge is -2.11. The van der Waals surface area contributed by atoms with Crippen LogP contribution in [0.5, 0.6) is 0 Å². The fourth-order valence-corrected chi connectivity index (χ4v) is 4.08. The van der Waals surface area contributed by atoms with Crippen molar-refractivity contribution in [2.75, 3.05) is 4.72 Å². The van der Waals surface area contributed by atoms with Gasteiger partial charge in [0.25, 0.3) is 10.0 Å². The molecule has 0 fully saturated rings. The Labute approximate surface area is 150 Å². The summed E-state index contributed by atoms with van der Waals surface area (Å²) in [7, 11) is -2.40. The van der Waals surface area contributed by atoms with Gasteiger partial charge in [0.15, 0.2) is 5.58 Å². The van der Waals surface area contributed by atoms with E-state index < -0.39 is 15.8 Å². The van der Waals surface area contributed by atoms with E-state index in [1.807, 2.05) is 12.1 Å². The van der Waals surface area contributed by atoms with Gasteiger partial charge in [-0.05, 0) is 29.7 Å². The molecule has 0 aliphatic heterocycles. The highest BCUT2D eigenvalue weighted by Crippen LogP contribution is 2.29. The summed E-state index contributed by atoms with van der Waals surface area (Å²) < 4.78 is 34.1. The van der Waals surface area contributed by atoms with Gasteiger partial charge in [-0.15, -0.1) is 0 Å². The first kappa shape index (κ1) is 17.6. The molecule has 0 bridgehead atoms. The lowest BCUT2D eigenvalue weighted by atomic mass is 10.0. The minimum absolute atomic E-state index is 0.00944. The molecule has 0 unspecified atom stereocenters. The third-order valence-electron chi connectivity index (χ3n) is 3.97. The summed E-state index contributed by atoms with van der Waals surface area (Å²) in [6, 6.07) is 9.78. The average molecular weight is 381 g/mol. The van der Waals surface area contributed by atoms with E-state index in [0.29, 0.717) is 17.1 Å². The molecule has 0 amide bonds. The van der Waals surface area contributed by atoms with Crippen molar-refractivity contribution in [1.82, 2.24) is 4.57 Å². The zero-order valence-electron chi connectivity index (χ0n) is 13.9. The molecule has 25 heavy (non-hydrogen) atoms. The molecule has 132 valence electrons. The first-order chi connectivity index (χ1) is 11.7. The minimum Gasteiger partial charge on any atom is -0.408 e. The van der Waals surface area contributed by atoms with Gasteiger partial charge in [-0.25, -0.2) is 13.2 Å². The predicted octanol–water partition coefficient (Wildman–Crippen LogP) is 3.71. The Balaban J connectivity index is 2.00. The van der Waals surface area contributed by atoms with Crippen LogP contribution in [0.3, 0.4) is 0 Å². The van der Waals surface area contributed by atoms with Crippen LogP contribution in [0.15, 0.2) is 50.5 Å². The molecule has 0 saturated carbocycles. The van der Waals surface area contributed by atoms with Crippen LogP contribution in [0.4, 0.5) is 5.69 Å². The lowest BCUT2D eigenvalue weighted by molar-refractivity contribution is 0.527. The molecule has 1 N–H and O–H groups in total. The van der Waals surface area contributed by atoms with Crippen LogP contribution in [-0.4, -0.2) is 13.0 Å². The van der Waals surface area contributed by atoms with Crippen LogP contribution in [0.25, 0.3) is 11.1 Å². The Morgan fingerprint density at radius 2 is 1.80 bits per heavy atom. The van der Waals surface area contributed by atoms with Crippen molar-refractivity contribution in [2.45, 2.75) is 24.7 Å². The van der Waals surface area contributed by atoms with Gasteiger partial charge in [-0.2, -0.15) is 0 Å². The molecule has 1 aromatic heterocycles. The van der Waals surface area contributed by atoms with Crippen molar-refractivity contribution in [2.24, 2.45) is 7.05 Å². The van der Waals surface area contributed by atoms with E-state index in [1.165, 1.54) is 23.7 Å². The number of nitrogens with zero attached hydrogens (tertiary/aromatic N) is 1. The van der Waals surface area contributed by atoms with Crippen molar-refractivity contribution < 1.29 is 12.8 Å². The minimum atomic E-state index is -3.93. The number of halogens is 1. The first-order valence-corrected chi connectivity index (χ1v) is 9.47. The molecule has 6 nitrogen and oxygen atoms in total. The van der Waals surface area contributed by atoms with Gasteiger partial charge in [0.05, 0.1) is 10.5 Å². The monoisotopic (exact) mass is 380 g/mol. The van der Waals surface area contributed by atoms with Crippen LogP contribution in [-0.2, 0) is 17.1 Å². The quantitative estimate of drug-likeness (QED) is 0.748. The Morgan fingerprint density at radius 1 is 1.16 bits per heavy atom. The van der Waals surface area contributed by atoms with E-state index in [-0.39, 0.29) is 15.5 Å². The number of sulfonamides is 1. The highest BCUT2D eigenvalue weighted by molar-refractivity contribution is 7.92. The molecule has 0 saturated heterocycles. The Hall–Kier alpha value is -2.25. The number of nitrogens with one attached hydrogen (secondary N) is 1. The summed E-state index contributed by atoms with van der Waals surface area (Å²) in [5, 5.41) is 0.00944. The Bertz CT molecular complexity index is 1100. The maximum Gasteiger partial charge on any atom is 0.419 e. The summed E-state index contributed by atoms with van der Waals surface area (Å²) in [5.74, 6) is -0.235. The molecule has 0 spiro atoms. The smallest absolute Gasteiger partial charge is 0.408 e. The number of benzene rings is 2. The first-order valence-electron chi connectivity index (χ1n) is 7.61. The lowest BCUT2D eigenvalue weighted by Crippen LogP contribution is -2.13. The fraction of sp³-hybridized carbons (Fsp3) is 0.235. The molecule has 8 heteroatoms. The average Bonchev–Trinajstić information content (AvgIpc) is 2.81. The van der Waals surface area contributed by atoms with Gasteiger partial charge in [-0.1, -0.05) is 37.6 Å². The van der Waals surface area contributed by atoms with Gasteiger partial charge >= 0.3 is 5.76 Å². The summed E-state index contributed by atoms with van der Waals surface area (Å²) in [4.78, 5) is 11.4. The van der Waals surface area contributed by atoms with Crippen molar-refractivity contribution in [3.63, 3.8) is 0 Å². The Morgan fingerprint density at radius 3 is 2.40 bits per heavy atom. The van der Waals surface area contributed by atoms with Crippen LogP contribution in [0.2, 0.25) is 5.02 Å². The van der Waals surface area contributed by atoms with Gasteiger partial charge in [0, 0.05) is 18.8 Å². The van der Waals surface area contributed by atoms with Crippen LogP contribution >= 0.6 is 11.6 Å². The van der Waals surface area contributed by atoms with Crippen molar-refractivity contribution in [3.05, 3.63) is 57.5 Å². The molecule has 3 aromatic rings. The van der Waals surface area contributed by atoms with Crippen LogP contribution in [0.1, 0.15) is 25.3 Å². The zero-order valence-corrected chi connectivity index (χ0v) is 15.5. The third kappa shape index (κ3) is 3.29. The van der Waals surface area contributed by atoms with Crippen molar-refractivity contribution in [3.8, 4) is 0 Å². The number of hydrogen-bond donors (Lipinski definition) is 1. The molecule has 0 aliphatic carbocycles. The standard InChI is InChI=1S/C17H17ClN2O4S/c1-10(2)11-4-6-12(7-5-11)19-25(22,23)16-9-15-14(8-13(16)18)20(3)17(21)24-15/h4-10,19H,1-3H3. The number of aryl methyl sites for hydroxylation is 1. The predicted molar refractivity (Wildman–Crippen MR) is 97.8 cm³/mol. The highest BCUT2D eigenvalue weighted by Gasteiger charge is 2.21. The molecule has 0 radical (unpaired) electrons. The molecular weight excluding hydrogens is 364 g/mol. The number of fused-ring (bicyclic) bond motifs is 1. The summed E-state index contributed by atoms with van der Waals surface area (Å²) in [6.45, 7) is 4.11. The second-order valence-electron chi connectivity index (χ2n) is 6.06. The van der Waals surface area contributed by atoms with E-state index in [4.69, 9.17) is 16.0 Å².